The first-order valence-corrected chi connectivity index (χ1v) is 5.41. The number of unbranched alkanes of at least 4 members (excludes halogenated alkanes) is 1. The number of aldehydes is 1. The van der Waals surface area contributed by atoms with Crippen LogP contribution in [0.3, 0.4) is 0 Å². The van der Waals surface area contributed by atoms with Crippen LogP contribution in [0.1, 0.15) is 25.7 Å². The summed E-state index contributed by atoms with van der Waals surface area (Å²) in [5, 5.41) is 0. The van der Waals surface area contributed by atoms with Crippen molar-refractivity contribution in [3.05, 3.63) is 6.54 Å². The summed E-state index contributed by atoms with van der Waals surface area (Å²) in [5.41, 5.74) is 0. The third-order valence-electron chi connectivity index (χ3n) is 2.90. The molecule has 0 spiro atoms. The Morgan fingerprint density at radius 2 is 1.93 bits per heavy atom. The van der Waals surface area contributed by atoms with Crippen LogP contribution in [0.25, 0.3) is 0 Å². The van der Waals surface area contributed by atoms with Gasteiger partial charge in [0.1, 0.15) is 6.29 Å². The minimum Gasteiger partial charge on any atom is -0.306 e. The summed E-state index contributed by atoms with van der Waals surface area (Å²) in [6, 6.07) is 0.741. The number of rotatable bonds is 5. The van der Waals surface area contributed by atoms with E-state index in [4.69, 9.17) is 0 Å². The molecule has 3 nitrogen and oxygen atoms in total. The van der Waals surface area contributed by atoms with Crippen molar-refractivity contribution in [1.82, 2.24) is 9.80 Å². The predicted octanol–water partition coefficient (Wildman–Crippen LogP) is 1.15. The van der Waals surface area contributed by atoms with Gasteiger partial charge in [-0.2, -0.15) is 0 Å². The van der Waals surface area contributed by atoms with E-state index >= 15 is 0 Å². The van der Waals surface area contributed by atoms with Gasteiger partial charge < -0.3 is 9.69 Å². The second-order valence-corrected chi connectivity index (χ2v) is 4.16. The van der Waals surface area contributed by atoms with E-state index in [1.165, 1.54) is 12.8 Å². The van der Waals surface area contributed by atoms with E-state index in [0.717, 1.165) is 31.8 Å². The lowest BCUT2D eigenvalue weighted by Gasteiger charge is -2.34. The van der Waals surface area contributed by atoms with Crippen LogP contribution in [0.5, 0.6) is 0 Å². The number of hydrogen-bond acceptors (Lipinski definition) is 3. The fraction of sp³-hybridized carbons (Fsp3) is 0.818. The maximum atomic E-state index is 10.1. The van der Waals surface area contributed by atoms with Crippen molar-refractivity contribution >= 4 is 6.29 Å². The van der Waals surface area contributed by atoms with Gasteiger partial charge in [-0.25, -0.2) is 0 Å². The van der Waals surface area contributed by atoms with Gasteiger partial charge in [0.25, 0.3) is 0 Å². The van der Waals surface area contributed by atoms with Crippen LogP contribution >= 0.6 is 0 Å². The Balaban J connectivity index is 2.12. The van der Waals surface area contributed by atoms with Gasteiger partial charge in [-0.3, -0.25) is 4.90 Å². The van der Waals surface area contributed by atoms with Crippen LogP contribution in [0.15, 0.2) is 0 Å². The van der Waals surface area contributed by atoms with Gasteiger partial charge in [0.2, 0.25) is 0 Å². The molecule has 1 aliphatic rings. The van der Waals surface area contributed by atoms with Crippen LogP contribution in [0, 0.1) is 6.54 Å². The lowest BCUT2D eigenvalue weighted by molar-refractivity contribution is -0.107. The lowest BCUT2D eigenvalue weighted by atomic mass is 10.0. The summed E-state index contributed by atoms with van der Waals surface area (Å²) < 4.78 is 0. The molecular weight excluding hydrogens is 176 g/mol. The van der Waals surface area contributed by atoms with Gasteiger partial charge >= 0.3 is 0 Å². The van der Waals surface area contributed by atoms with Crippen molar-refractivity contribution < 1.29 is 4.79 Å². The Hall–Kier alpha value is -0.410. The molecule has 3 heteroatoms. The summed E-state index contributed by atoms with van der Waals surface area (Å²) >= 11 is 0. The van der Waals surface area contributed by atoms with E-state index in [1.54, 1.807) is 0 Å². The first kappa shape index (κ1) is 11.7. The van der Waals surface area contributed by atoms with Crippen molar-refractivity contribution in [1.29, 1.82) is 0 Å². The highest BCUT2D eigenvalue weighted by Gasteiger charge is 2.19. The van der Waals surface area contributed by atoms with Gasteiger partial charge in [-0.1, -0.05) is 0 Å². The van der Waals surface area contributed by atoms with Crippen molar-refractivity contribution in [2.75, 3.05) is 27.2 Å². The van der Waals surface area contributed by atoms with E-state index < -0.39 is 0 Å². The summed E-state index contributed by atoms with van der Waals surface area (Å²) in [4.78, 5) is 14.8. The normalized spacial score (nSPS) is 20.2. The minimum atomic E-state index is 0.660. The highest BCUT2D eigenvalue weighted by molar-refractivity contribution is 5.49. The molecule has 0 bridgehead atoms. The fourth-order valence-corrected chi connectivity index (χ4v) is 1.91. The number of carbonyl (C=O) groups is 1. The third-order valence-corrected chi connectivity index (χ3v) is 2.90. The van der Waals surface area contributed by atoms with Crippen LogP contribution in [-0.4, -0.2) is 49.3 Å². The van der Waals surface area contributed by atoms with Crippen LogP contribution in [0.2, 0.25) is 0 Å². The zero-order chi connectivity index (χ0) is 10.4. The smallest absolute Gasteiger partial charge is 0.120 e. The monoisotopic (exact) mass is 197 g/mol. The van der Waals surface area contributed by atoms with Crippen molar-refractivity contribution in [2.45, 2.75) is 31.7 Å². The van der Waals surface area contributed by atoms with Crippen LogP contribution < -0.4 is 0 Å². The SMILES string of the molecule is CN(C)C1CCN([CH]CCC=O)CC1. The zero-order valence-electron chi connectivity index (χ0n) is 9.28. The number of likely N-dealkylation sites (tertiary alicyclic amines) is 1. The molecule has 0 saturated carbocycles. The van der Waals surface area contributed by atoms with E-state index in [1.807, 2.05) is 0 Å². The quantitative estimate of drug-likeness (QED) is 0.488. The van der Waals surface area contributed by atoms with E-state index in [2.05, 4.69) is 30.4 Å². The van der Waals surface area contributed by atoms with Crippen LogP contribution in [-0.2, 0) is 4.79 Å². The van der Waals surface area contributed by atoms with Crippen molar-refractivity contribution in [2.24, 2.45) is 0 Å². The van der Waals surface area contributed by atoms with Gasteiger partial charge in [0, 0.05) is 19.0 Å². The molecular formula is C11H21N2O. The predicted molar refractivity (Wildman–Crippen MR) is 57.9 cm³/mol. The minimum absolute atomic E-state index is 0.660. The van der Waals surface area contributed by atoms with Crippen LogP contribution in [0.4, 0.5) is 0 Å². The molecule has 0 N–H and O–H groups in total. The zero-order valence-corrected chi connectivity index (χ0v) is 9.28. The number of hydrogen-bond donors (Lipinski definition) is 0. The summed E-state index contributed by atoms with van der Waals surface area (Å²) in [7, 11) is 4.30. The molecule has 0 aliphatic carbocycles. The molecule has 1 heterocycles. The molecule has 1 radical (unpaired) electrons. The van der Waals surface area contributed by atoms with E-state index in [-0.39, 0.29) is 0 Å². The Morgan fingerprint density at radius 1 is 1.29 bits per heavy atom. The highest BCUT2D eigenvalue weighted by atomic mass is 16.1. The van der Waals surface area contributed by atoms with Crippen molar-refractivity contribution in [3.8, 4) is 0 Å². The van der Waals surface area contributed by atoms with Gasteiger partial charge in [0.15, 0.2) is 0 Å². The molecule has 0 aromatic heterocycles. The standard InChI is InChI=1S/C11H21N2O/c1-12(2)11-5-8-13(9-6-11)7-3-4-10-14/h7,10-11H,3-6,8-9H2,1-2H3. The molecule has 1 saturated heterocycles. The molecule has 1 aliphatic heterocycles. The summed E-state index contributed by atoms with van der Waals surface area (Å²) in [5.74, 6) is 0. The molecule has 81 valence electrons. The average molecular weight is 197 g/mol. The van der Waals surface area contributed by atoms with Gasteiger partial charge in [-0.05, 0) is 46.4 Å². The second kappa shape index (κ2) is 6.14. The van der Waals surface area contributed by atoms with Gasteiger partial charge in [-0.15, -0.1) is 0 Å². The number of nitrogens with zero attached hydrogens (tertiary/aromatic N) is 2. The molecule has 0 amide bonds. The average Bonchev–Trinajstić information content (AvgIpc) is 2.19. The summed E-state index contributed by atoms with van der Waals surface area (Å²) in [6.45, 7) is 4.46. The Kier molecular flexibility index (Phi) is 5.12. The molecule has 0 aromatic rings. The Labute approximate surface area is 87.1 Å². The largest absolute Gasteiger partial charge is 0.306 e. The first-order valence-electron chi connectivity index (χ1n) is 5.41. The highest BCUT2D eigenvalue weighted by Crippen LogP contribution is 2.15. The number of carbonyl (C=O) groups excluding carboxylic acids is 1. The lowest BCUT2D eigenvalue weighted by Crippen LogP contribution is -2.40. The first-order chi connectivity index (χ1) is 6.74. The topological polar surface area (TPSA) is 23.6 Å². The second-order valence-electron chi connectivity index (χ2n) is 4.16. The van der Waals surface area contributed by atoms with E-state index in [0.29, 0.717) is 6.42 Å². The fourth-order valence-electron chi connectivity index (χ4n) is 1.91. The maximum Gasteiger partial charge on any atom is 0.120 e. The number of piperidine rings is 1. The molecule has 0 aromatic carbocycles. The molecule has 0 atom stereocenters. The maximum absolute atomic E-state index is 10.1. The third kappa shape index (κ3) is 3.76. The molecule has 14 heavy (non-hydrogen) atoms. The van der Waals surface area contributed by atoms with E-state index in [9.17, 15) is 4.79 Å². The molecule has 1 rings (SSSR count). The molecule has 1 fully saturated rings. The Morgan fingerprint density at radius 3 is 2.43 bits per heavy atom. The Bertz CT molecular complexity index is 163. The molecule has 0 unspecified atom stereocenters. The van der Waals surface area contributed by atoms with Crippen molar-refractivity contribution in [3.63, 3.8) is 0 Å². The van der Waals surface area contributed by atoms with Gasteiger partial charge in [0.05, 0.1) is 0 Å². The summed E-state index contributed by atoms with van der Waals surface area (Å²) in [6.07, 6.45) is 5.03.